The molecule has 0 aliphatic rings. The zero-order valence-corrected chi connectivity index (χ0v) is 10.6. The van der Waals surface area contributed by atoms with Crippen molar-refractivity contribution in [2.75, 3.05) is 0 Å². The molecule has 0 fully saturated rings. The number of H-pyrrole nitrogens is 1. The van der Waals surface area contributed by atoms with Crippen LogP contribution < -0.4 is 0 Å². The van der Waals surface area contributed by atoms with Crippen molar-refractivity contribution >= 4 is 28.1 Å². The maximum Gasteiger partial charge on any atom is 0.182 e. The van der Waals surface area contributed by atoms with Crippen LogP contribution in [-0.4, -0.2) is 9.55 Å². The summed E-state index contributed by atoms with van der Waals surface area (Å²) >= 11 is 8.04. The smallest absolute Gasteiger partial charge is 0.182 e. The number of hydrogen-bond acceptors (Lipinski definition) is 1. The second-order valence-corrected chi connectivity index (χ2v) is 4.53. The van der Waals surface area contributed by atoms with Crippen molar-refractivity contribution in [1.82, 2.24) is 9.55 Å². The van der Waals surface area contributed by atoms with Gasteiger partial charge < -0.3 is 4.98 Å². The maximum atomic E-state index is 13.6. The van der Waals surface area contributed by atoms with Crippen molar-refractivity contribution in [3.05, 3.63) is 44.9 Å². The van der Waals surface area contributed by atoms with Gasteiger partial charge in [0.25, 0.3) is 0 Å². The predicted octanol–water partition coefficient (Wildman–Crippen LogP) is 3.88. The van der Waals surface area contributed by atoms with E-state index in [-0.39, 0.29) is 10.2 Å². The summed E-state index contributed by atoms with van der Waals surface area (Å²) in [6.07, 6.45) is 1.67. The minimum atomic E-state index is -0.653. The van der Waals surface area contributed by atoms with E-state index >= 15 is 0 Å². The fourth-order valence-electron chi connectivity index (χ4n) is 1.44. The van der Waals surface area contributed by atoms with E-state index in [1.54, 1.807) is 13.1 Å². The van der Waals surface area contributed by atoms with E-state index < -0.39 is 11.6 Å². The first-order valence-electron chi connectivity index (χ1n) is 4.42. The van der Waals surface area contributed by atoms with Crippen molar-refractivity contribution in [2.24, 2.45) is 0 Å². The fourth-order valence-corrected chi connectivity index (χ4v) is 2.07. The number of rotatable bonds is 1. The number of nitrogens with one attached hydrogen (secondary N) is 1. The number of aryl methyl sites for hydroxylation is 1. The second kappa shape index (κ2) is 4.10. The first-order chi connectivity index (χ1) is 7.50. The third-order valence-electron chi connectivity index (χ3n) is 2.19. The van der Waals surface area contributed by atoms with Gasteiger partial charge in [0.15, 0.2) is 4.77 Å². The molecule has 0 amide bonds. The van der Waals surface area contributed by atoms with E-state index in [2.05, 4.69) is 20.9 Å². The van der Waals surface area contributed by atoms with Gasteiger partial charge in [-0.15, -0.1) is 0 Å². The van der Waals surface area contributed by atoms with E-state index in [4.69, 9.17) is 12.2 Å². The molecular weight excluding hydrogens is 298 g/mol. The molecule has 16 heavy (non-hydrogen) atoms. The Balaban J connectivity index is 2.74. The molecule has 2 rings (SSSR count). The Bertz CT molecular complexity index is 603. The number of aromatic nitrogens is 2. The van der Waals surface area contributed by atoms with Crippen LogP contribution in [0.25, 0.3) is 5.69 Å². The Labute approximate surface area is 104 Å². The zero-order chi connectivity index (χ0) is 11.9. The van der Waals surface area contributed by atoms with Crippen molar-refractivity contribution in [1.29, 1.82) is 0 Å². The Morgan fingerprint density at radius 3 is 2.56 bits per heavy atom. The number of nitrogens with zero attached hydrogens (tertiary/aromatic N) is 1. The molecule has 1 aromatic heterocycles. The molecule has 0 saturated heterocycles. The van der Waals surface area contributed by atoms with Crippen molar-refractivity contribution < 1.29 is 8.78 Å². The molecule has 0 spiro atoms. The second-order valence-electron chi connectivity index (χ2n) is 3.29. The highest BCUT2D eigenvalue weighted by atomic mass is 79.9. The first-order valence-corrected chi connectivity index (χ1v) is 5.63. The molecule has 0 atom stereocenters. The molecule has 0 bridgehead atoms. The van der Waals surface area contributed by atoms with E-state index in [0.29, 0.717) is 4.77 Å². The number of hydrogen-bond donors (Lipinski definition) is 1. The molecule has 0 aliphatic carbocycles. The number of benzene rings is 1. The van der Waals surface area contributed by atoms with Gasteiger partial charge >= 0.3 is 0 Å². The van der Waals surface area contributed by atoms with E-state index in [0.717, 1.165) is 11.8 Å². The number of imidazole rings is 1. The zero-order valence-electron chi connectivity index (χ0n) is 8.22. The summed E-state index contributed by atoms with van der Waals surface area (Å²) in [5.41, 5.74) is 0.972. The lowest BCUT2D eigenvalue weighted by molar-refractivity contribution is 0.572. The highest BCUT2D eigenvalue weighted by Gasteiger charge is 2.12. The summed E-state index contributed by atoms with van der Waals surface area (Å²) in [4.78, 5) is 2.80. The van der Waals surface area contributed by atoms with Crippen LogP contribution in [0.2, 0.25) is 0 Å². The molecule has 6 heteroatoms. The molecular formula is C10H7BrF2N2S. The average Bonchev–Trinajstić information content (AvgIpc) is 2.53. The molecule has 0 unspecified atom stereocenters. The van der Waals surface area contributed by atoms with Gasteiger partial charge in [-0.3, -0.25) is 4.57 Å². The number of aromatic amines is 1. The van der Waals surface area contributed by atoms with Crippen LogP contribution in [0.15, 0.2) is 22.8 Å². The third-order valence-corrected chi connectivity index (χ3v) is 3.10. The predicted molar refractivity (Wildman–Crippen MR) is 63.3 cm³/mol. The van der Waals surface area contributed by atoms with Gasteiger partial charge in [0, 0.05) is 18.0 Å². The minimum absolute atomic E-state index is 0.200. The Kier molecular flexibility index (Phi) is 2.94. The summed E-state index contributed by atoms with van der Waals surface area (Å²) in [5, 5.41) is 0. The van der Waals surface area contributed by atoms with Gasteiger partial charge in [0.05, 0.1) is 10.2 Å². The van der Waals surface area contributed by atoms with E-state index in [1.807, 2.05) is 0 Å². The molecule has 2 nitrogen and oxygen atoms in total. The van der Waals surface area contributed by atoms with Gasteiger partial charge in [0.2, 0.25) is 0 Å². The van der Waals surface area contributed by atoms with Crippen molar-refractivity contribution in [3.8, 4) is 5.69 Å². The molecule has 84 valence electrons. The van der Waals surface area contributed by atoms with Gasteiger partial charge in [-0.1, -0.05) is 0 Å². The topological polar surface area (TPSA) is 20.7 Å². The van der Waals surface area contributed by atoms with Gasteiger partial charge in [-0.25, -0.2) is 8.78 Å². The molecule has 1 heterocycles. The van der Waals surface area contributed by atoms with Crippen LogP contribution in [-0.2, 0) is 0 Å². The van der Waals surface area contributed by atoms with Crippen LogP contribution >= 0.6 is 28.1 Å². The van der Waals surface area contributed by atoms with Gasteiger partial charge in [-0.2, -0.15) is 0 Å². The van der Waals surface area contributed by atoms with Crippen LogP contribution in [0.4, 0.5) is 8.78 Å². The monoisotopic (exact) mass is 304 g/mol. The summed E-state index contributed by atoms with van der Waals surface area (Å²) in [5.74, 6) is -1.29. The molecule has 0 radical (unpaired) electrons. The average molecular weight is 305 g/mol. The van der Waals surface area contributed by atoms with Gasteiger partial charge in [0.1, 0.15) is 11.6 Å². The summed E-state index contributed by atoms with van der Waals surface area (Å²) < 4.78 is 28.8. The van der Waals surface area contributed by atoms with E-state index in [1.165, 1.54) is 10.6 Å². The summed E-state index contributed by atoms with van der Waals surface area (Å²) in [6, 6.07) is 2.19. The molecule has 0 aliphatic heterocycles. The quantitative estimate of drug-likeness (QED) is 0.626. The standard InChI is InChI=1S/C10H7BrF2N2S/c1-5-4-14-10(16)15(5)9-2-6(11)7(12)3-8(9)13/h2-4H,1H3,(H,14,16). The number of halogens is 3. The molecule has 0 saturated carbocycles. The Morgan fingerprint density at radius 1 is 1.31 bits per heavy atom. The SMILES string of the molecule is Cc1c[nH]c(=S)n1-c1cc(Br)c(F)cc1F. The fraction of sp³-hybridized carbons (Fsp3) is 0.100. The van der Waals surface area contributed by atoms with Crippen LogP contribution in [0.3, 0.4) is 0 Å². The van der Waals surface area contributed by atoms with Crippen LogP contribution in [0.5, 0.6) is 0 Å². The Hall–Kier alpha value is -1.01. The highest BCUT2D eigenvalue weighted by Crippen LogP contribution is 2.24. The lowest BCUT2D eigenvalue weighted by Gasteiger charge is -2.07. The van der Waals surface area contributed by atoms with Gasteiger partial charge in [-0.05, 0) is 41.1 Å². The van der Waals surface area contributed by atoms with Crippen LogP contribution in [0.1, 0.15) is 5.69 Å². The summed E-state index contributed by atoms with van der Waals surface area (Å²) in [6.45, 7) is 1.78. The first kappa shape index (κ1) is 11.5. The highest BCUT2D eigenvalue weighted by molar-refractivity contribution is 9.10. The van der Waals surface area contributed by atoms with Crippen LogP contribution in [0, 0.1) is 23.3 Å². The van der Waals surface area contributed by atoms with E-state index in [9.17, 15) is 8.78 Å². The summed E-state index contributed by atoms with van der Waals surface area (Å²) in [7, 11) is 0. The molecule has 1 aromatic carbocycles. The largest absolute Gasteiger partial charge is 0.337 e. The normalized spacial score (nSPS) is 10.8. The molecule has 1 N–H and O–H groups in total. The minimum Gasteiger partial charge on any atom is -0.337 e. The maximum absolute atomic E-state index is 13.6. The van der Waals surface area contributed by atoms with Crippen molar-refractivity contribution in [2.45, 2.75) is 6.92 Å². The lowest BCUT2D eigenvalue weighted by Crippen LogP contribution is -2.01. The molecule has 2 aromatic rings. The lowest BCUT2D eigenvalue weighted by atomic mass is 10.3. The Morgan fingerprint density at radius 2 is 2.00 bits per heavy atom. The van der Waals surface area contributed by atoms with Crippen molar-refractivity contribution in [3.63, 3.8) is 0 Å². The third kappa shape index (κ3) is 1.82.